The van der Waals surface area contributed by atoms with Gasteiger partial charge in [0, 0.05) is 6.20 Å². The molecule has 0 aliphatic heterocycles. The largest absolute Gasteiger partial charge is 0.497 e. The van der Waals surface area contributed by atoms with E-state index < -0.39 is 0 Å². The number of aliphatic hydroxyl groups excluding tert-OH is 1. The molecule has 84 valence electrons. The van der Waals surface area contributed by atoms with E-state index in [4.69, 9.17) is 9.84 Å². The molecule has 0 fully saturated rings. The van der Waals surface area contributed by atoms with Crippen LogP contribution in [0.4, 0.5) is 0 Å². The number of ether oxygens (including phenoxy) is 1. The minimum atomic E-state index is -0.265. The van der Waals surface area contributed by atoms with Crippen molar-refractivity contribution >= 4 is 0 Å². The number of aromatic amines is 1. The molecule has 0 aliphatic carbocycles. The van der Waals surface area contributed by atoms with E-state index in [1.54, 1.807) is 31.4 Å². The summed E-state index contributed by atoms with van der Waals surface area (Å²) in [6.45, 7) is -0.265. The number of hydrogen-bond donors (Lipinski definition) is 2. The van der Waals surface area contributed by atoms with Crippen molar-refractivity contribution in [3.63, 3.8) is 0 Å². The maximum atomic E-state index is 11.7. The number of nitrogens with zero attached hydrogens (tertiary/aromatic N) is 1. The molecule has 2 N–H and O–H groups in total. The van der Waals surface area contributed by atoms with Gasteiger partial charge < -0.3 is 9.84 Å². The highest BCUT2D eigenvalue weighted by Gasteiger charge is 2.06. The average Bonchev–Trinajstić information content (AvgIpc) is 2.70. The van der Waals surface area contributed by atoms with Gasteiger partial charge in [0.15, 0.2) is 0 Å². The lowest BCUT2D eigenvalue weighted by Crippen LogP contribution is -2.17. The molecule has 0 aliphatic rings. The normalized spacial score (nSPS) is 10.4. The van der Waals surface area contributed by atoms with E-state index in [1.165, 1.54) is 10.9 Å². The smallest absolute Gasteiger partial charge is 0.276 e. The van der Waals surface area contributed by atoms with E-state index >= 15 is 0 Å². The lowest BCUT2D eigenvalue weighted by molar-refractivity contribution is 0.280. The molecule has 1 heterocycles. The summed E-state index contributed by atoms with van der Waals surface area (Å²) in [5.74, 6) is 0.728. The van der Waals surface area contributed by atoms with E-state index in [-0.39, 0.29) is 12.2 Å². The van der Waals surface area contributed by atoms with Crippen molar-refractivity contribution in [1.29, 1.82) is 0 Å². The molecule has 0 spiro atoms. The number of H-pyrrole nitrogens is 1. The molecular weight excluding hydrogens is 208 g/mol. The van der Waals surface area contributed by atoms with E-state index in [9.17, 15) is 4.79 Å². The Hall–Kier alpha value is -2.01. The number of hydrogen-bond acceptors (Lipinski definition) is 3. The molecule has 0 saturated heterocycles. The lowest BCUT2D eigenvalue weighted by Gasteiger charge is -2.03. The Morgan fingerprint density at radius 2 is 2.06 bits per heavy atom. The third-order valence-corrected chi connectivity index (χ3v) is 2.35. The van der Waals surface area contributed by atoms with Gasteiger partial charge in [-0.15, -0.1) is 0 Å². The van der Waals surface area contributed by atoms with E-state index in [2.05, 4.69) is 5.10 Å². The minimum absolute atomic E-state index is 0.243. The van der Waals surface area contributed by atoms with Crippen LogP contribution in [-0.4, -0.2) is 22.0 Å². The first-order valence-electron chi connectivity index (χ1n) is 4.81. The van der Waals surface area contributed by atoms with Gasteiger partial charge in [0.05, 0.1) is 25.0 Å². The molecule has 0 atom stereocenters. The molecule has 2 rings (SSSR count). The topological polar surface area (TPSA) is 67.2 Å². The van der Waals surface area contributed by atoms with Crippen LogP contribution >= 0.6 is 0 Å². The van der Waals surface area contributed by atoms with Gasteiger partial charge in [-0.05, 0) is 24.3 Å². The Kier molecular flexibility index (Phi) is 2.78. The number of methoxy groups -OCH3 is 1. The molecule has 16 heavy (non-hydrogen) atoms. The van der Waals surface area contributed by atoms with E-state index in [0.717, 1.165) is 5.75 Å². The lowest BCUT2D eigenvalue weighted by atomic mass is 10.3. The standard InChI is InChI=1S/C11H12N2O3/c1-16-10-4-2-9(3-5-10)13-11(15)8(7-14)6-12-13/h2-6,12,14H,7H2,1H3. The van der Waals surface area contributed by atoms with Crippen LogP contribution < -0.4 is 10.3 Å². The maximum Gasteiger partial charge on any atom is 0.276 e. The van der Waals surface area contributed by atoms with Gasteiger partial charge in [-0.25, -0.2) is 4.68 Å². The summed E-state index contributed by atoms with van der Waals surface area (Å²) in [6.07, 6.45) is 1.49. The fourth-order valence-electron chi connectivity index (χ4n) is 1.44. The van der Waals surface area contributed by atoms with Gasteiger partial charge in [0.2, 0.25) is 0 Å². The van der Waals surface area contributed by atoms with Crippen molar-refractivity contribution in [2.45, 2.75) is 6.61 Å². The zero-order valence-corrected chi connectivity index (χ0v) is 8.80. The number of aromatic nitrogens is 2. The first kappa shape index (κ1) is 10.5. The second-order valence-electron chi connectivity index (χ2n) is 3.30. The summed E-state index contributed by atoms with van der Waals surface area (Å²) in [4.78, 5) is 11.7. The number of nitrogens with one attached hydrogen (secondary N) is 1. The number of benzene rings is 1. The van der Waals surface area contributed by atoms with Gasteiger partial charge in [-0.3, -0.25) is 9.89 Å². The monoisotopic (exact) mass is 220 g/mol. The summed E-state index contributed by atoms with van der Waals surface area (Å²) in [7, 11) is 1.58. The Labute approximate surface area is 91.9 Å². The molecule has 0 bridgehead atoms. The van der Waals surface area contributed by atoms with Gasteiger partial charge in [0.25, 0.3) is 5.56 Å². The Balaban J connectivity index is 2.42. The summed E-state index contributed by atoms with van der Waals surface area (Å²) in [6, 6.07) is 7.05. The summed E-state index contributed by atoms with van der Waals surface area (Å²) in [5.41, 5.74) is 0.800. The minimum Gasteiger partial charge on any atom is -0.497 e. The molecule has 5 nitrogen and oxygen atoms in total. The third-order valence-electron chi connectivity index (χ3n) is 2.35. The number of rotatable bonds is 3. The van der Waals surface area contributed by atoms with Crippen LogP contribution in [0, 0.1) is 0 Å². The zero-order chi connectivity index (χ0) is 11.5. The van der Waals surface area contributed by atoms with Crippen LogP contribution in [0.2, 0.25) is 0 Å². The van der Waals surface area contributed by atoms with Crippen molar-refractivity contribution in [2.24, 2.45) is 0 Å². The quantitative estimate of drug-likeness (QED) is 0.798. The van der Waals surface area contributed by atoms with Crippen LogP contribution in [0.5, 0.6) is 5.75 Å². The Morgan fingerprint density at radius 3 is 2.56 bits per heavy atom. The SMILES string of the molecule is COc1ccc(-n2[nH]cc(CO)c2=O)cc1. The van der Waals surface area contributed by atoms with Crippen LogP contribution in [0.15, 0.2) is 35.3 Å². The highest BCUT2D eigenvalue weighted by molar-refractivity contribution is 5.37. The van der Waals surface area contributed by atoms with Crippen LogP contribution in [0.3, 0.4) is 0 Å². The van der Waals surface area contributed by atoms with Crippen LogP contribution in [-0.2, 0) is 6.61 Å². The van der Waals surface area contributed by atoms with E-state index in [1.807, 2.05) is 0 Å². The Morgan fingerprint density at radius 1 is 1.38 bits per heavy atom. The van der Waals surface area contributed by atoms with Gasteiger partial charge in [-0.1, -0.05) is 0 Å². The highest BCUT2D eigenvalue weighted by atomic mass is 16.5. The number of aliphatic hydroxyl groups is 1. The van der Waals surface area contributed by atoms with Gasteiger partial charge in [0.1, 0.15) is 5.75 Å². The molecule has 0 amide bonds. The molecule has 0 unspecified atom stereocenters. The molecule has 0 radical (unpaired) electrons. The molecule has 5 heteroatoms. The van der Waals surface area contributed by atoms with Crippen molar-refractivity contribution in [3.8, 4) is 11.4 Å². The summed E-state index contributed by atoms with van der Waals surface area (Å²) < 4.78 is 6.39. The van der Waals surface area contributed by atoms with Gasteiger partial charge in [-0.2, -0.15) is 0 Å². The second kappa shape index (κ2) is 4.24. The zero-order valence-electron chi connectivity index (χ0n) is 8.80. The first-order valence-corrected chi connectivity index (χ1v) is 4.81. The van der Waals surface area contributed by atoms with Crippen LogP contribution in [0.1, 0.15) is 5.56 Å². The molecule has 1 aromatic carbocycles. The predicted molar refractivity (Wildman–Crippen MR) is 58.9 cm³/mol. The van der Waals surface area contributed by atoms with Crippen molar-refractivity contribution in [1.82, 2.24) is 9.78 Å². The van der Waals surface area contributed by atoms with Crippen LogP contribution in [0.25, 0.3) is 5.69 Å². The third kappa shape index (κ3) is 1.72. The molecule has 2 aromatic rings. The van der Waals surface area contributed by atoms with Crippen molar-refractivity contribution in [3.05, 3.63) is 46.4 Å². The first-order chi connectivity index (χ1) is 7.76. The molecule has 0 saturated carbocycles. The predicted octanol–water partition coefficient (Wildman–Crippen LogP) is 0.666. The molecular formula is C11H12N2O3. The highest BCUT2D eigenvalue weighted by Crippen LogP contribution is 2.13. The van der Waals surface area contributed by atoms with Crippen molar-refractivity contribution in [2.75, 3.05) is 7.11 Å². The fourth-order valence-corrected chi connectivity index (χ4v) is 1.44. The second-order valence-corrected chi connectivity index (χ2v) is 3.30. The summed E-state index contributed by atoms with van der Waals surface area (Å²) >= 11 is 0. The van der Waals surface area contributed by atoms with Gasteiger partial charge >= 0.3 is 0 Å². The Bertz CT molecular complexity index is 525. The molecule has 1 aromatic heterocycles. The average molecular weight is 220 g/mol. The summed E-state index contributed by atoms with van der Waals surface area (Å²) in [5, 5.41) is 11.7. The maximum absolute atomic E-state index is 11.7. The van der Waals surface area contributed by atoms with Crippen molar-refractivity contribution < 1.29 is 9.84 Å². The van der Waals surface area contributed by atoms with E-state index in [0.29, 0.717) is 11.3 Å². The fraction of sp³-hybridized carbons (Fsp3) is 0.182.